The normalized spacial score (nSPS) is 37.6. The van der Waals surface area contributed by atoms with Crippen molar-refractivity contribution in [3.8, 4) is 0 Å². The largest absolute Gasteiger partial charge is 0.458 e. The van der Waals surface area contributed by atoms with Gasteiger partial charge in [0, 0.05) is 12.8 Å². The lowest BCUT2D eigenvalue weighted by Crippen LogP contribution is -2.35. The molecule has 7 atom stereocenters. The van der Waals surface area contributed by atoms with Crippen LogP contribution in [0.3, 0.4) is 0 Å². The Hall–Kier alpha value is -1.65. The summed E-state index contributed by atoms with van der Waals surface area (Å²) in [7, 11) is 0. The van der Waals surface area contributed by atoms with Crippen molar-refractivity contribution in [1.29, 1.82) is 0 Å². The van der Waals surface area contributed by atoms with Gasteiger partial charge in [-0.3, -0.25) is 4.79 Å². The highest BCUT2D eigenvalue weighted by Crippen LogP contribution is 2.59. The van der Waals surface area contributed by atoms with Gasteiger partial charge in [-0.25, -0.2) is 0 Å². The molecule has 4 aliphatic rings. The molecule has 4 fully saturated rings. The van der Waals surface area contributed by atoms with Crippen molar-refractivity contribution in [2.75, 3.05) is 0 Å². The van der Waals surface area contributed by atoms with Crippen molar-refractivity contribution in [2.45, 2.75) is 110 Å². The molecular formula is C31H46O4. The van der Waals surface area contributed by atoms with E-state index in [1.807, 2.05) is 6.92 Å². The van der Waals surface area contributed by atoms with Gasteiger partial charge in [-0.15, -0.1) is 0 Å². The van der Waals surface area contributed by atoms with Gasteiger partial charge in [0.05, 0.1) is 12.2 Å². The number of hydrogen-bond acceptors (Lipinski definition) is 4. The molecule has 0 radical (unpaired) electrons. The molecule has 0 aromatic carbocycles. The Morgan fingerprint density at radius 2 is 1.97 bits per heavy atom. The molecule has 4 rings (SSSR count). The Balaban J connectivity index is 1.45. The van der Waals surface area contributed by atoms with E-state index < -0.39 is 12.2 Å². The quantitative estimate of drug-likeness (QED) is 0.308. The van der Waals surface area contributed by atoms with Crippen LogP contribution in [0, 0.1) is 29.1 Å². The number of carbonyl (C=O) groups excluding carboxylic acids is 1. The summed E-state index contributed by atoms with van der Waals surface area (Å²) in [6.45, 7) is 10.9. The van der Waals surface area contributed by atoms with Crippen LogP contribution in [0.15, 0.2) is 47.6 Å². The fourth-order valence-corrected chi connectivity index (χ4v) is 7.16. The maximum Gasteiger partial charge on any atom is 0.306 e. The van der Waals surface area contributed by atoms with E-state index in [-0.39, 0.29) is 17.5 Å². The third kappa shape index (κ3) is 6.02. The van der Waals surface area contributed by atoms with E-state index in [2.05, 4.69) is 44.7 Å². The van der Waals surface area contributed by atoms with Crippen molar-refractivity contribution in [3.05, 3.63) is 47.6 Å². The molecule has 4 aliphatic carbocycles. The number of hydrogen-bond donors (Lipinski definition) is 2. The Labute approximate surface area is 212 Å². The van der Waals surface area contributed by atoms with Crippen LogP contribution in [0.4, 0.5) is 0 Å². The Kier molecular flexibility index (Phi) is 8.43. The van der Waals surface area contributed by atoms with Crippen LogP contribution in [0.1, 0.15) is 91.4 Å². The molecule has 0 bridgehead atoms. The molecule has 35 heavy (non-hydrogen) atoms. The predicted molar refractivity (Wildman–Crippen MR) is 141 cm³/mol. The zero-order valence-electron chi connectivity index (χ0n) is 22.0. The van der Waals surface area contributed by atoms with Gasteiger partial charge in [-0.05, 0) is 104 Å². The Morgan fingerprint density at radius 3 is 2.69 bits per heavy atom. The summed E-state index contributed by atoms with van der Waals surface area (Å²) in [4.78, 5) is 12.1. The van der Waals surface area contributed by atoms with E-state index in [9.17, 15) is 15.0 Å². The number of esters is 1. The Morgan fingerprint density at radius 1 is 1.20 bits per heavy atom. The summed E-state index contributed by atoms with van der Waals surface area (Å²) in [5.41, 5.74) is 3.56. The molecule has 0 amide bonds. The number of fused-ring (bicyclic) bond motifs is 1. The first-order chi connectivity index (χ1) is 16.7. The highest BCUT2D eigenvalue weighted by molar-refractivity contribution is 5.69. The van der Waals surface area contributed by atoms with Gasteiger partial charge in [-0.1, -0.05) is 51.2 Å². The van der Waals surface area contributed by atoms with Crippen molar-refractivity contribution in [1.82, 2.24) is 0 Å². The Bertz CT molecular complexity index is 878. The topological polar surface area (TPSA) is 66.8 Å². The van der Waals surface area contributed by atoms with Gasteiger partial charge >= 0.3 is 5.97 Å². The van der Waals surface area contributed by atoms with Crippen LogP contribution in [-0.4, -0.2) is 34.5 Å². The molecule has 0 aromatic rings. The van der Waals surface area contributed by atoms with Crippen LogP contribution in [0.5, 0.6) is 0 Å². The van der Waals surface area contributed by atoms with Gasteiger partial charge in [0.25, 0.3) is 0 Å². The second-order valence-corrected chi connectivity index (χ2v) is 11.9. The van der Waals surface area contributed by atoms with Crippen LogP contribution >= 0.6 is 0 Å². The van der Waals surface area contributed by atoms with Crippen LogP contribution in [0.25, 0.3) is 0 Å². The van der Waals surface area contributed by atoms with E-state index in [1.54, 1.807) is 0 Å². The zero-order chi connectivity index (χ0) is 25.2. The molecule has 4 nitrogen and oxygen atoms in total. The second-order valence-electron chi connectivity index (χ2n) is 11.9. The van der Waals surface area contributed by atoms with E-state index in [0.29, 0.717) is 42.9 Å². The lowest BCUT2D eigenvalue weighted by Gasteiger charge is -2.44. The van der Waals surface area contributed by atoms with Gasteiger partial charge < -0.3 is 14.9 Å². The highest BCUT2D eigenvalue weighted by Gasteiger charge is 2.50. The first kappa shape index (κ1) is 26.4. The minimum absolute atomic E-state index is 0.0516. The summed E-state index contributed by atoms with van der Waals surface area (Å²) in [6, 6.07) is 0. The maximum atomic E-state index is 12.1. The van der Waals surface area contributed by atoms with Crippen LogP contribution in [0.2, 0.25) is 0 Å². The van der Waals surface area contributed by atoms with E-state index in [4.69, 9.17) is 4.74 Å². The average Bonchev–Trinajstić information content (AvgIpc) is 3.59. The molecule has 0 aromatic heterocycles. The number of aliphatic hydroxyl groups excluding tert-OH is 2. The molecule has 0 spiro atoms. The lowest BCUT2D eigenvalue weighted by atomic mass is 9.61. The monoisotopic (exact) mass is 482 g/mol. The fourth-order valence-electron chi connectivity index (χ4n) is 7.16. The molecule has 0 aliphatic heterocycles. The van der Waals surface area contributed by atoms with Gasteiger partial charge in [0.2, 0.25) is 0 Å². The number of aliphatic hydroxyl groups is 2. The third-order valence-corrected chi connectivity index (χ3v) is 9.35. The summed E-state index contributed by atoms with van der Waals surface area (Å²) in [5, 5.41) is 20.3. The fraction of sp³-hybridized carbons (Fsp3) is 0.710. The molecule has 4 heteroatoms. The standard InChI is InChI=1S/C31H46O4/c1-5-7-30(34)35-29(23-11-12-23)16-9-20(2)26-14-15-27-22(8-6-17-31(26,27)4)10-13-24-18-25(32)19-28(33)21(24)3/h9-10,13,16,20,23,25-29,32-33H,3,5-8,11-12,14-15,17-19H2,1-2,4H3/b16-9+,22-10+,24-13-/t20-,25-,26-,27+,28+,29-,31-/m1/s1. The number of carbonyl (C=O) groups is 1. The maximum absolute atomic E-state index is 12.1. The molecule has 4 saturated carbocycles. The van der Waals surface area contributed by atoms with Gasteiger partial charge in [0.15, 0.2) is 0 Å². The molecule has 0 saturated heterocycles. The minimum Gasteiger partial charge on any atom is -0.458 e. The minimum atomic E-state index is -0.635. The predicted octanol–water partition coefficient (Wildman–Crippen LogP) is 6.44. The first-order valence-corrected chi connectivity index (χ1v) is 14.1. The molecule has 0 unspecified atom stereocenters. The van der Waals surface area contributed by atoms with Gasteiger partial charge in [0.1, 0.15) is 6.10 Å². The summed E-state index contributed by atoms with van der Waals surface area (Å²) in [6.07, 6.45) is 18.5. The number of rotatable bonds is 8. The average molecular weight is 483 g/mol. The van der Waals surface area contributed by atoms with E-state index in [1.165, 1.54) is 31.3 Å². The van der Waals surface area contributed by atoms with Crippen molar-refractivity contribution in [2.24, 2.45) is 29.1 Å². The van der Waals surface area contributed by atoms with Gasteiger partial charge in [-0.2, -0.15) is 0 Å². The van der Waals surface area contributed by atoms with E-state index >= 15 is 0 Å². The number of allylic oxidation sites excluding steroid dienone is 4. The second kappa shape index (κ2) is 11.2. The molecular weight excluding hydrogens is 436 g/mol. The smallest absolute Gasteiger partial charge is 0.306 e. The summed E-state index contributed by atoms with van der Waals surface area (Å²) >= 11 is 0. The molecule has 194 valence electrons. The number of ether oxygens (including phenoxy) is 1. The third-order valence-electron chi connectivity index (χ3n) is 9.35. The van der Waals surface area contributed by atoms with Crippen LogP contribution in [-0.2, 0) is 9.53 Å². The van der Waals surface area contributed by atoms with E-state index in [0.717, 1.165) is 36.8 Å². The van der Waals surface area contributed by atoms with Crippen molar-refractivity contribution in [3.63, 3.8) is 0 Å². The summed E-state index contributed by atoms with van der Waals surface area (Å²) in [5.74, 6) is 2.11. The zero-order valence-corrected chi connectivity index (χ0v) is 22.0. The highest BCUT2D eigenvalue weighted by atomic mass is 16.5. The first-order valence-electron chi connectivity index (χ1n) is 14.1. The molecule has 2 N–H and O–H groups in total. The molecule has 0 heterocycles. The SMILES string of the molecule is C=C1/C(=C\C=C2/CCC[C@]3(C)[C@@H]([C@H](C)/C=C/[C@@H](OC(=O)CCC)C4CC4)CC[C@@H]23)C[C@@H](O)C[C@@H]1O. The van der Waals surface area contributed by atoms with Crippen molar-refractivity contribution >= 4 is 5.97 Å². The lowest BCUT2D eigenvalue weighted by molar-refractivity contribution is -0.147. The van der Waals surface area contributed by atoms with Crippen LogP contribution < -0.4 is 0 Å². The van der Waals surface area contributed by atoms with Crippen molar-refractivity contribution < 1.29 is 19.7 Å². The summed E-state index contributed by atoms with van der Waals surface area (Å²) < 4.78 is 5.81.